The van der Waals surface area contributed by atoms with Crippen LogP contribution in [-0.2, 0) is 17.1 Å². The molecule has 0 saturated carbocycles. The maximum Gasteiger partial charge on any atom is 0.147 e. The van der Waals surface area contributed by atoms with E-state index >= 15 is 0 Å². The maximum atomic E-state index is 11.1. The molecule has 1 rings (SSSR count). The van der Waals surface area contributed by atoms with E-state index in [9.17, 15) is 9.90 Å². The lowest BCUT2D eigenvalue weighted by Crippen LogP contribution is -2.03. The van der Waals surface area contributed by atoms with Crippen molar-refractivity contribution >= 4 is 33.3 Å². The molecule has 0 fully saturated rings. The van der Waals surface area contributed by atoms with Crippen molar-refractivity contribution in [3.63, 3.8) is 0 Å². The average molecular weight is 278 g/mol. The minimum absolute atomic E-state index is 0.0861. The monoisotopic (exact) mass is 276 g/mol. The number of carbonyl (C=O) groups is 1. The van der Waals surface area contributed by atoms with Crippen molar-refractivity contribution in [2.24, 2.45) is 0 Å². The summed E-state index contributed by atoms with van der Waals surface area (Å²) in [5, 5.41) is 9.81. The number of halogens is 2. The quantitative estimate of drug-likeness (QED) is 0.859. The van der Waals surface area contributed by atoms with Crippen LogP contribution in [0.1, 0.15) is 11.1 Å². The highest BCUT2D eigenvalue weighted by atomic mass is 79.9. The van der Waals surface area contributed by atoms with Crippen molar-refractivity contribution in [2.75, 3.05) is 5.33 Å². The zero-order chi connectivity index (χ0) is 10.6. The molecule has 0 spiro atoms. The summed E-state index contributed by atoms with van der Waals surface area (Å²) >= 11 is 8.67. The van der Waals surface area contributed by atoms with Crippen molar-refractivity contribution in [1.82, 2.24) is 0 Å². The molecule has 0 aliphatic rings. The van der Waals surface area contributed by atoms with Gasteiger partial charge in [-0.3, -0.25) is 4.79 Å². The number of hydrogen-bond acceptors (Lipinski definition) is 2. The average Bonchev–Trinajstić information content (AvgIpc) is 2.18. The third-order valence-corrected chi connectivity index (χ3v) is 2.76. The first kappa shape index (κ1) is 11.5. The summed E-state index contributed by atoms with van der Waals surface area (Å²) in [7, 11) is 0. The number of hydrogen-bond donors (Lipinski definition) is 1. The Balaban J connectivity index is 2.81. The predicted octanol–water partition coefficient (Wildman–Crippen LogP) is 2.64. The Morgan fingerprint density at radius 1 is 1.50 bits per heavy atom. The smallest absolute Gasteiger partial charge is 0.147 e. The molecule has 1 aromatic rings. The summed E-state index contributed by atoms with van der Waals surface area (Å²) in [6.45, 7) is 0. The maximum absolute atomic E-state index is 11.1. The van der Waals surface area contributed by atoms with Crippen LogP contribution in [0.3, 0.4) is 0 Å². The van der Waals surface area contributed by atoms with Gasteiger partial charge in [-0.2, -0.15) is 0 Å². The number of carbonyl (C=O) groups excluding carboxylic acids is 1. The van der Waals surface area contributed by atoms with Gasteiger partial charge >= 0.3 is 0 Å². The minimum Gasteiger partial charge on any atom is -0.508 e. The van der Waals surface area contributed by atoms with E-state index in [4.69, 9.17) is 11.6 Å². The molecule has 0 bridgehead atoms. The van der Waals surface area contributed by atoms with E-state index < -0.39 is 0 Å². The molecule has 0 amide bonds. The fourth-order valence-electron chi connectivity index (χ4n) is 1.11. The van der Waals surface area contributed by atoms with Gasteiger partial charge in [0.1, 0.15) is 11.5 Å². The molecule has 0 atom stereocenters. The van der Waals surface area contributed by atoms with Crippen molar-refractivity contribution in [3.8, 4) is 5.75 Å². The number of aromatic hydroxyl groups is 1. The highest BCUT2D eigenvalue weighted by molar-refractivity contribution is 9.09. The minimum atomic E-state index is 0.0861. The van der Waals surface area contributed by atoms with E-state index in [1.165, 1.54) is 0 Å². The van der Waals surface area contributed by atoms with Crippen LogP contribution in [0.15, 0.2) is 18.2 Å². The fraction of sp³-hybridized carbons (Fsp3) is 0.300. The number of Topliss-reactive ketones (excluding diaryl/α,β-unsaturated/α-hetero) is 1. The van der Waals surface area contributed by atoms with Gasteiger partial charge in [0.25, 0.3) is 0 Å². The molecule has 2 nitrogen and oxygen atoms in total. The predicted molar refractivity (Wildman–Crippen MR) is 60.2 cm³/mol. The van der Waals surface area contributed by atoms with E-state index in [0.29, 0.717) is 17.3 Å². The summed E-state index contributed by atoms with van der Waals surface area (Å²) in [4.78, 5) is 11.1. The lowest BCUT2D eigenvalue weighted by molar-refractivity contribution is -0.115. The van der Waals surface area contributed by atoms with Crippen LogP contribution >= 0.6 is 27.5 Å². The Kier molecular flexibility index (Phi) is 4.42. The molecule has 0 aromatic heterocycles. The summed E-state index contributed by atoms with van der Waals surface area (Å²) in [5.74, 6) is 0.515. The number of alkyl halides is 2. The topological polar surface area (TPSA) is 37.3 Å². The Hall–Kier alpha value is -0.540. The van der Waals surface area contributed by atoms with E-state index in [0.717, 1.165) is 5.56 Å². The zero-order valence-electron chi connectivity index (χ0n) is 7.46. The van der Waals surface area contributed by atoms with Crippen LogP contribution in [0.5, 0.6) is 5.75 Å². The van der Waals surface area contributed by atoms with Gasteiger partial charge in [-0.15, -0.1) is 11.6 Å². The van der Waals surface area contributed by atoms with Crippen LogP contribution in [0, 0.1) is 0 Å². The molecular weight excluding hydrogens is 267 g/mol. The van der Waals surface area contributed by atoms with Crippen molar-refractivity contribution in [1.29, 1.82) is 0 Å². The van der Waals surface area contributed by atoms with Crippen molar-refractivity contribution in [2.45, 2.75) is 12.3 Å². The molecule has 0 aliphatic heterocycles. The van der Waals surface area contributed by atoms with E-state index in [1.54, 1.807) is 18.2 Å². The first-order chi connectivity index (χ1) is 6.67. The molecule has 76 valence electrons. The number of ketones is 1. The van der Waals surface area contributed by atoms with Crippen LogP contribution in [-0.4, -0.2) is 16.2 Å². The lowest BCUT2D eigenvalue weighted by atomic mass is 10.1. The van der Waals surface area contributed by atoms with Crippen LogP contribution in [0.25, 0.3) is 0 Å². The molecule has 0 aliphatic carbocycles. The number of rotatable bonds is 4. The standard InChI is InChI=1S/C10H10BrClO2/c11-5-9(13)3-7-1-2-8(6-12)10(14)4-7/h1-2,4,14H,3,5-6H2. The van der Waals surface area contributed by atoms with Gasteiger partial charge in [0, 0.05) is 12.0 Å². The van der Waals surface area contributed by atoms with Gasteiger partial charge in [0.2, 0.25) is 0 Å². The molecule has 0 unspecified atom stereocenters. The van der Waals surface area contributed by atoms with E-state index in [2.05, 4.69) is 15.9 Å². The number of phenolic OH excluding ortho intramolecular Hbond substituents is 1. The molecule has 0 saturated heterocycles. The lowest BCUT2D eigenvalue weighted by Gasteiger charge is -2.03. The largest absolute Gasteiger partial charge is 0.508 e. The highest BCUT2D eigenvalue weighted by Gasteiger charge is 2.05. The molecular formula is C10H10BrClO2. The van der Waals surface area contributed by atoms with Crippen LogP contribution < -0.4 is 0 Å². The van der Waals surface area contributed by atoms with Gasteiger partial charge in [0.05, 0.1) is 11.2 Å². The first-order valence-corrected chi connectivity index (χ1v) is 5.77. The third-order valence-electron chi connectivity index (χ3n) is 1.84. The Morgan fingerprint density at radius 3 is 2.71 bits per heavy atom. The van der Waals surface area contributed by atoms with Gasteiger partial charge < -0.3 is 5.11 Å². The molecule has 14 heavy (non-hydrogen) atoms. The summed E-state index contributed by atoms with van der Waals surface area (Å²) < 4.78 is 0. The highest BCUT2D eigenvalue weighted by Crippen LogP contribution is 2.20. The fourth-order valence-corrected chi connectivity index (χ4v) is 1.53. The third kappa shape index (κ3) is 3.00. The second-order valence-electron chi connectivity index (χ2n) is 2.95. The van der Waals surface area contributed by atoms with Crippen molar-refractivity contribution in [3.05, 3.63) is 29.3 Å². The Morgan fingerprint density at radius 2 is 2.21 bits per heavy atom. The van der Waals surface area contributed by atoms with Gasteiger partial charge in [-0.1, -0.05) is 28.1 Å². The molecule has 1 N–H and O–H groups in total. The SMILES string of the molecule is O=C(CBr)Cc1ccc(CCl)c(O)c1. The van der Waals surface area contributed by atoms with Crippen LogP contribution in [0.2, 0.25) is 0 Å². The summed E-state index contributed by atoms with van der Waals surface area (Å²) in [6, 6.07) is 5.12. The summed E-state index contributed by atoms with van der Waals surface area (Å²) in [5.41, 5.74) is 1.49. The van der Waals surface area contributed by atoms with Crippen molar-refractivity contribution < 1.29 is 9.90 Å². The number of phenols is 1. The second-order valence-corrected chi connectivity index (χ2v) is 3.77. The van der Waals surface area contributed by atoms with Gasteiger partial charge in [0.15, 0.2) is 0 Å². The van der Waals surface area contributed by atoms with E-state index in [1.807, 2.05) is 0 Å². The normalized spacial score (nSPS) is 10.1. The van der Waals surface area contributed by atoms with Gasteiger partial charge in [-0.25, -0.2) is 0 Å². The molecule has 1 aromatic carbocycles. The molecule has 0 heterocycles. The van der Waals surface area contributed by atoms with Gasteiger partial charge in [-0.05, 0) is 11.6 Å². The molecule has 4 heteroatoms. The molecule has 0 radical (unpaired) electrons. The Labute approximate surface area is 96.0 Å². The zero-order valence-corrected chi connectivity index (χ0v) is 9.81. The van der Waals surface area contributed by atoms with Crippen LogP contribution in [0.4, 0.5) is 0 Å². The Bertz CT molecular complexity index is 339. The van der Waals surface area contributed by atoms with E-state index in [-0.39, 0.29) is 17.4 Å². The number of benzene rings is 1. The second kappa shape index (κ2) is 5.37. The first-order valence-electron chi connectivity index (χ1n) is 4.11. The summed E-state index contributed by atoms with van der Waals surface area (Å²) in [6.07, 6.45) is 0.335.